The average molecular weight is 239 g/mol. The Morgan fingerprint density at radius 3 is 2.88 bits per heavy atom. The number of anilines is 1. The van der Waals surface area contributed by atoms with Crippen LogP contribution in [0.15, 0.2) is 0 Å². The molecule has 1 aliphatic rings. The van der Waals surface area contributed by atoms with E-state index < -0.39 is 0 Å². The normalized spacial score (nSPS) is 19.9. The van der Waals surface area contributed by atoms with Gasteiger partial charge >= 0.3 is 5.69 Å². The van der Waals surface area contributed by atoms with Gasteiger partial charge in [-0.3, -0.25) is 10.1 Å². The van der Waals surface area contributed by atoms with Gasteiger partial charge in [0.1, 0.15) is 5.69 Å². The Kier molecular flexibility index (Phi) is 3.01. The average Bonchev–Trinajstić information content (AvgIpc) is 2.81. The molecule has 1 atom stereocenters. The van der Waals surface area contributed by atoms with Crippen molar-refractivity contribution < 1.29 is 4.92 Å². The highest BCUT2D eigenvalue weighted by molar-refractivity contribution is 5.61. The zero-order valence-corrected chi connectivity index (χ0v) is 10.1. The first-order valence-electron chi connectivity index (χ1n) is 5.67. The topological polar surface area (TPSA) is 90.2 Å². The minimum absolute atomic E-state index is 0.116. The number of hydrogen-bond donors (Lipinski definition) is 1. The molecule has 1 unspecified atom stereocenters. The van der Waals surface area contributed by atoms with Gasteiger partial charge in [-0.25, -0.2) is 4.68 Å². The molecule has 0 amide bonds. The van der Waals surface area contributed by atoms with Gasteiger partial charge in [-0.15, -0.1) is 0 Å². The van der Waals surface area contributed by atoms with Crippen LogP contribution >= 0.6 is 0 Å². The van der Waals surface area contributed by atoms with E-state index in [0.717, 1.165) is 19.5 Å². The minimum atomic E-state index is -0.354. The van der Waals surface area contributed by atoms with E-state index in [0.29, 0.717) is 24.0 Å². The number of aromatic nitrogens is 2. The van der Waals surface area contributed by atoms with Gasteiger partial charge < -0.3 is 10.6 Å². The second kappa shape index (κ2) is 4.33. The van der Waals surface area contributed by atoms with E-state index in [4.69, 9.17) is 5.73 Å². The van der Waals surface area contributed by atoms with Crippen LogP contribution in [0.25, 0.3) is 0 Å². The van der Waals surface area contributed by atoms with Crippen LogP contribution in [0.1, 0.15) is 12.1 Å². The van der Waals surface area contributed by atoms with E-state index in [1.807, 2.05) is 4.90 Å². The maximum absolute atomic E-state index is 11.1. The third-order valence-electron chi connectivity index (χ3n) is 3.26. The molecular weight excluding hydrogens is 222 g/mol. The van der Waals surface area contributed by atoms with Crippen LogP contribution in [0.3, 0.4) is 0 Å². The molecule has 0 saturated carbocycles. The lowest BCUT2D eigenvalue weighted by Crippen LogP contribution is -2.25. The quantitative estimate of drug-likeness (QED) is 0.610. The van der Waals surface area contributed by atoms with Crippen molar-refractivity contribution in [2.75, 3.05) is 24.5 Å². The van der Waals surface area contributed by atoms with Crippen LogP contribution in [0.5, 0.6) is 0 Å². The molecule has 0 aromatic carbocycles. The lowest BCUT2D eigenvalue weighted by Gasteiger charge is -2.17. The molecule has 0 radical (unpaired) electrons. The minimum Gasteiger partial charge on any atom is -0.351 e. The first-order chi connectivity index (χ1) is 8.04. The smallest absolute Gasteiger partial charge is 0.333 e. The summed E-state index contributed by atoms with van der Waals surface area (Å²) in [7, 11) is 1.74. The highest BCUT2D eigenvalue weighted by Gasteiger charge is 2.32. The van der Waals surface area contributed by atoms with Gasteiger partial charge in [-0.1, -0.05) is 0 Å². The molecule has 1 fully saturated rings. The fourth-order valence-electron chi connectivity index (χ4n) is 2.42. The molecule has 1 aromatic rings. The number of aryl methyl sites for hydroxylation is 2. The highest BCUT2D eigenvalue weighted by atomic mass is 16.6. The summed E-state index contributed by atoms with van der Waals surface area (Å²) < 4.78 is 1.59. The van der Waals surface area contributed by atoms with Crippen molar-refractivity contribution in [1.29, 1.82) is 0 Å². The summed E-state index contributed by atoms with van der Waals surface area (Å²) in [5, 5.41) is 15.2. The molecule has 1 aromatic heterocycles. The first-order valence-corrected chi connectivity index (χ1v) is 5.67. The third-order valence-corrected chi connectivity index (χ3v) is 3.26. The molecule has 2 N–H and O–H groups in total. The first kappa shape index (κ1) is 11.8. The number of rotatable bonds is 3. The van der Waals surface area contributed by atoms with Crippen LogP contribution in [0.4, 0.5) is 11.5 Å². The van der Waals surface area contributed by atoms with Gasteiger partial charge in [0.05, 0.1) is 4.92 Å². The van der Waals surface area contributed by atoms with Crippen LogP contribution in [0, 0.1) is 23.0 Å². The van der Waals surface area contributed by atoms with Gasteiger partial charge in [0, 0.05) is 20.1 Å². The Bertz CT molecular complexity index is 442. The van der Waals surface area contributed by atoms with Crippen LogP contribution < -0.4 is 10.6 Å². The van der Waals surface area contributed by atoms with Gasteiger partial charge in [0.2, 0.25) is 5.82 Å². The number of hydrogen-bond acceptors (Lipinski definition) is 5. The second-order valence-electron chi connectivity index (χ2n) is 4.47. The molecule has 7 nitrogen and oxygen atoms in total. The molecule has 94 valence electrons. The van der Waals surface area contributed by atoms with E-state index >= 15 is 0 Å². The molecule has 2 rings (SSSR count). The summed E-state index contributed by atoms with van der Waals surface area (Å²) in [5.41, 5.74) is 6.21. The van der Waals surface area contributed by atoms with Crippen molar-refractivity contribution in [2.24, 2.45) is 18.7 Å². The van der Waals surface area contributed by atoms with Crippen molar-refractivity contribution in [3.05, 3.63) is 15.8 Å². The Morgan fingerprint density at radius 2 is 2.35 bits per heavy atom. The predicted molar refractivity (Wildman–Crippen MR) is 64.0 cm³/mol. The number of nitrogens with zero attached hydrogens (tertiary/aromatic N) is 4. The standard InChI is InChI=1S/C10H17N5O2/c1-7-9(15(16)17)10(13(2)12-7)14-4-3-8(5-11)6-14/h8H,3-6,11H2,1-2H3. The second-order valence-corrected chi connectivity index (χ2v) is 4.47. The molecular formula is C10H17N5O2. The lowest BCUT2D eigenvalue weighted by atomic mass is 10.1. The molecule has 0 bridgehead atoms. The van der Waals surface area contributed by atoms with Crippen molar-refractivity contribution in [2.45, 2.75) is 13.3 Å². The van der Waals surface area contributed by atoms with Crippen LogP contribution in [0.2, 0.25) is 0 Å². The lowest BCUT2D eigenvalue weighted by molar-refractivity contribution is -0.384. The van der Waals surface area contributed by atoms with Crippen molar-refractivity contribution in [3.63, 3.8) is 0 Å². The van der Waals surface area contributed by atoms with Gasteiger partial charge in [0.25, 0.3) is 0 Å². The SMILES string of the molecule is Cc1nn(C)c(N2CCC(CN)C2)c1[N+](=O)[O-]. The zero-order chi connectivity index (χ0) is 12.6. The fraction of sp³-hybridized carbons (Fsp3) is 0.700. The Labute approximate surface area is 99.3 Å². The fourth-order valence-corrected chi connectivity index (χ4v) is 2.42. The number of nitrogens with two attached hydrogens (primary N) is 1. The van der Waals surface area contributed by atoms with Crippen LogP contribution in [-0.2, 0) is 7.05 Å². The van der Waals surface area contributed by atoms with E-state index in [1.54, 1.807) is 18.7 Å². The Balaban J connectivity index is 2.35. The molecule has 7 heteroatoms. The van der Waals surface area contributed by atoms with E-state index in [-0.39, 0.29) is 10.6 Å². The molecule has 1 saturated heterocycles. The summed E-state index contributed by atoms with van der Waals surface area (Å²) in [6.07, 6.45) is 0.984. The van der Waals surface area contributed by atoms with Gasteiger partial charge in [0.15, 0.2) is 0 Å². The summed E-state index contributed by atoms with van der Waals surface area (Å²) in [4.78, 5) is 12.7. The summed E-state index contributed by atoms with van der Waals surface area (Å²) in [6, 6.07) is 0. The summed E-state index contributed by atoms with van der Waals surface area (Å²) in [6.45, 7) is 3.87. The monoisotopic (exact) mass is 239 g/mol. The maximum atomic E-state index is 11.1. The molecule has 17 heavy (non-hydrogen) atoms. The predicted octanol–water partition coefficient (Wildman–Crippen LogP) is 0.422. The third kappa shape index (κ3) is 1.97. The van der Waals surface area contributed by atoms with Crippen molar-refractivity contribution in [1.82, 2.24) is 9.78 Å². The molecule has 2 heterocycles. The summed E-state index contributed by atoms with van der Waals surface area (Å²) in [5.74, 6) is 1.02. The Hall–Kier alpha value is -1.63. The maximum Gasteiger partial charge on any atom is 0.333 e. The van der Waals surface area contributed by atoms with E-state index in [2.05, 4.69) is 5.10 Å². The van der Waals surface area contributed by atoms with E-state index in [9.17, 15) is 10.1 Å². The highest BCUT2D eigenvalue weighted by Crippen LogP contribution is 2.33. The number of nitro groups is 1. The van der Waals surface area contributed by atoms with Gasteiger partial charge in [-0.2, -0.15) is 5.10 Å². The summed E-state index contributed by atoms with van der Waals surface area (Å²) >= 11 is 0. The van der Waals surface area contributed by atoms with Crippen molar-refractivity contribution >= 4 is 11.5 Å². The molecule has 1 aliphatic heterocycles. The zero-order valence-electron chi connectivity index (χ0n) is 10.1. The largest absolute Gasteiger partial charge is 0.351 e. The van der Waals surface area contributed by atoms with Crippen LogP contribution in [-0.4, -0.2) is 34.3 Å². The van der Waals surface area contributed by atoms with E-state index in [1.165, 1.54) is 0 Å². The van der Waals surface area contributed by atoms with Crippen molar-refractivity contribution in [3.8, 4) is 0 Å². The Morgan fingerprint density at radius 1 is 1.65 bits per heavy atom. The molecule has 0 spiro atoms. The molecule has 0 aliphatic carbocycles. The van der Waals surface area contributed by atoms with Gasteiger partial charge in [-0.05, 0) is 25.8 Å².